The third-order valence-electron chi connectivity index (χ3n) is 4.57. The molecule has 0 atom stereocenters. The van der Waals surface area contributed by atoms with Gasteiger partial charge in [0.05, 0.1) is 22.5 Å². The fraction of sp³-hybridized carbons (Fsp3) is 0.235. The van der Waals surface area contributed by atoms with Crippen LogP contribution >= 0.6 is 0 Å². The normalized spacial score (nSPS) is 13.1. The van der Waals surface area contributed by atoms with E-state index in [2.05, 4.69) is 4.74 Å². The second-order valence-electron chi connectivity index (χ2n) is 6.43. The Hall–Kier alpha value is -3.58. The Labute approximate surface area is 169 Å². The molecule has 0 fully saturated rings. The van der Waals surface area contributed by atoms with Crippen molar-refractivity contribution in [3.63, 3.8) is 0 Å². The number of carbonyl (C=O) groups excluding carboxylic acids is 2. The van der Waals surface area contributed by atoms with E-state index in [4.69, 9.17) is 5.14 Å². The van der Waals surface area contributed by atoms with Crippen LogP contribution in [0.25, 0.3) is 0 Å². The molecule has 1 aliphatic rings. The summed E-state index contributed by atoms with van der Waals surface area (Å²) >= 11 is 0. The van der Waals surface area contributed by atoms with Gasteiger partial charge in [0.15, 0.2) is 0 Å². The summed E-state index contributed by atoms with van der Waals surface area (Å²) in [5.74, 6) is -1.48. The molecule has 0 saturated heterocycles. The van der Waals surface area contributed by atoms with E-state index in [1.807, 2.05) is 0 Å². The highest BCUT2D eigenvalue weighted by atomic mass is 32.2. The first-order chi connectivity index (χ1) is 14.0. The number of primary sulfonamides is 1. The van der Waals surface area contributed by atoms with Crippen LogP contribution in [0.1, 0.15) is 15.9 Å². The van der Waals surface area contributed by atoms with Crippen LogP contribution in [-0.4, -0.2) is 43.4 Å². The number of benzene rings is 1. The maximum atomic E-state index is 12.8. The first-order valence-corrected chi connectivity index (χ1v) is 10.0. The molecule has 0 aliphatic carbocycles. The molecule has 0 unspecified atom stereocenters. The SMILES string of the molecule is COC(=O)c1cc([N+](=O)[O-])c(=O)n(CC(=O)N2CCc3cc(S(N)(=O)=O)ccc32)c1. The zero-order chi connectivity index (χ0) is 22.2. The minimum Gasteiger partial charge on any atom is -0.465 e. The van der Waals surface area contributed by atoms with Crippen molar-refractivity contribution >= 4 is 33.3 Å². The second kappa shape index (κ2) is 7.68. The molecular weight excluding hydrogens is 420 g/mol. The number of ether oxygens (including phenoxy) is 1. The lowest BCUT2D eigenvalue weighted by atomic mass is 10.2. The van der Waals surface area contributed by atoms with Gasteiger partial charge in [-0.15, -0.1) is 0 Å². The summed E-state index contributed by atoms with van der Waals surface area (Å²) < 4.78 is 28.3. The number of carbonyl (C=O) groups is 2. The molecule has 2 aromatic rings. The largest absolute Gasteiger partial charge is 0.465 e. The number of hydrogen-bond donors (Lipinski definition) is 1. The van der Waals surface area contributed by atoms with Crippen LogP contribution in [0.3, 0.4) is 0 Å². The van der Waals surface area contributed by atoms with Crippen molar-refractivity contribution in [2.75, 3.05) is 18.6 Å². The number of pyridine rings is 1. The zero-order valence-corrected chi connectivity index (χ0v) is 16.4. The highest BCUT2D eigenvalue weighted by molar-refractivity contribution is 7.89. The van der Waals surface area contributed by atoms with Gasteiger partial charge in [0.25, 0.3) is 0 Å². The van der Waals surface area contributed by atoms with Crippen molar-refractivity contribution in [2.45, 2.75) is 17.9 Å². The zero-order valence-electron chi connectivity index (χ0n) is 15.6. The van der Waals surface area contributed by atoms with Crippen LogP contribution in [0.15, 0.2) is 40.2 Å². The summed E-state index contributed by atoms with van der Waals surface area (Å²) in [4.78, 5) is 48.3. The van der Waals surface area contributed by atoms with E-state index < -0.39 is 44.6 Å². The lowest BCUT2D eigenvalue weighted by Gasteiger charge is -2.18. The lowest BCUT2D eigenvalue weighted by molar-refractivity contribution is -0.386. The number of fused-ring (bicyclic) bond motifs is 1. The minimum absolute atomic E-state index is 0.0897. The van der Waals surface area contributed by atoms with Gasteiger partial charge in [-0.3, -0.25) is 24.3 Å². The molecule has 2 N–H and O–H groups in total. The number of rotatable bonds is 5. The molecule has 1 aromatic heterocycles. The molecule has 1 aromatic carbocycles. The maximum absolute atomic E-state index is 12.8. The standard InChI is InChI=1S/C17H16N4O8S/c1-29-17(24)11-7-14(21(25)26)16(23)19(8-11)9-15(22)20-5-4-10-6-12(30(18,27)28)2-3-13(10)20/h2-3,6-8H,4-5,9H2,1H3,(H2,18,27,28). The van der Waals surface area contributed by atoms with Crippen molar-refractivity contribution in [3.8, 4) is 0 Å². The molecule has 12 nitrogen and oxygen atoms in total. The number of nitro groups is 1. The molecule has 3 rings (SSSR count). The fourth-order valence-electron chi connectivity index (χ4n) is 3.14. The van der Waals surface area contributed by atoms with Gasteiger partial charge in [0.2, 0.25) is 15.9 Å². The second-order valence-corrected chi connectivity index (χ2v) is 7.99. The monoisotopic (exact) mass is 436 g/mol. The molecule has 0 radical (unpaired) electrons. The van der Waals surface area contributed by atoms with Crippen molar-refractivity contribution in [1.82, 2.24) is 4.57 Å². The van der Waals surface area contributed by atoms with E-state index in [0.717, 1.165) is 23.9 Å². The Kier molecular flexibility index (Phi) is 5.41. The topological polar surface area (TPSA) is 172 Å². The number of aromatic nitrogens is 1. The number of esters is 1. The number of sulfonamides is 1. The van der Waals surface area contributed by atoms with Gasteiger partial charge in [-0.2, -0.15) is 0 Å². The number of methoxy groups -OCH3 is 1. The molecule has 0 spiro atoms. The minimum atomic E-state index is -3.90. The van der Waals surface area contributed by atoms with Gasteiger partial charge in [-0.1, -0.05) is 0 Å². The average Bonchev–Trinajstić information content (AvgIpc) is 3.11. The number of anilines is 1. The summed E-state index contributed by atoms with van der Waals surface area (Å²) in [6.07, 6.45) is 1.38. The summed E-state index contributed by atoms with van der Waals surface area (Å²) in [5.41, 5.74) is -1.15. The Morgan fingerprint density at radius 2 is 2.00 bits per heavy atom. The highest BCUT2D eigenvalue weighted by Crippen LogP contribution is 2.30. The van der Waals surface area contributed by atoms with E-state index in [0.29, 0.717) is 17.7 Å². The van der Waals surface area contributed by atoms with Gasteiger partial charge in [0.1, 0.15) is 6.54 Å². The molecular formula is C17H16N4O8S. The van der Waals surface area contributed by atoms with Crippen molar-refractivity contribution in [2.24, 2.45) is 5.14 Å². The smallest absolute Gasteiger partial charge is 0.339 e. The molecule has 1 aliphatic heterocycles. The summed E-state index contributed by atoms with van der Waals surface area (Å²) in [6.45, 7) is -0.351. The van der Waals surface area contributed by atoms with Crippen molar-refractivity contribution in [3.05, 3.63) is 62.1 Å². The van der Waals surface area contributed by atoms with E-state index in [-0.39, 0.29) is 17.0 Å². The predicted octanol–water partition coefficient (Wildman–Crippen LogP) is -0.220. The van der Waals surface area contributed by atoms with Crippen molar-refractivity contribution < 1.29 is 27.7 Å². The Balaban J connectivity index is 1.95. The third kappa shape index (κ3) is 3.92. The molecule has 1 amide bonds. The van der Waals surface area contributed by atoms with Gasteiger partial charge >= 0.3 is 17.2 Å². The Morgan fingerprint density at radius 1 is 1.30 bits per heavy atom. The Morgan fingerprint density at radius 3 is 2.60 bits per heavy atom. The fourth-order valence-corrected chi connectivity index (χ4v) is 3.71. The summed E-state index contributed by atoms with van der Waals surface area (Å²) in [7, 11) is -2.83. The van der Waals surface area contributed by atoms with Crippen LogP contribution in [0.2, 0.25) is 0 Å². The number of amides is 1. The quantitative estimate of drug-likeness (QED) is 0.380. The molecule has 2 heterocycles. The summed E-state index contributed by atoms with van der Waals surface area (Å²) in [6, 6.07) is 4.84. The molecule has 13 heteroatoms. The van der Waals surface area contributed by atoms with E-state index >= 15 is 0 Å². The van der Waals surface area contributed by atoms with Crippen LogP contribution in [0.4, 0.5) is 11.4 Å². The van der Waals surface area contributed by atoms with Gasteiger partial charge in [-0.05, 0) is 30.2 Å². The van der Waals surface area contributed by atoms with E-state index in [1.165, 1.54) is 23.1 Å². The average molecular weight is 436 g/mol. The Bertz CT molecular complexity index is 1230. The van der Waals surface area contributed by atoms with Crippen LogP contribution in [0, 0.1) is 10.1 Å². The third-order valence-corrected chi connectivity index (χ3v) is 5.48. The van der Waals surface area contributed by atoms with Crippen LogP contribution in [0.5, 0.6) is 0 Å². The van der Waals surface area contributed by atoms with Gasteiger partial charge < -0.3 is 9.64 Å². The van der Waals surface area contributed by atoms with E-state index in [9.17, 15) is 32.9 Å². The molecule has 158 valence electrons. The van der Waals surface area contributed by atoms with Crippen LogP contribution in [-0.2, 0) is 32.5 Å². The van der Waals surface area contributed by atoms with Crippen LogP contribution < -0.4 is 15.6 Å². The molecule has 30 heavy (non-hydrogen) atoms. The first kappa shape index (κ1) is 21.1. The van der Waals surface area contributed by atoms with E-state index in [1.54, 1.807) is 0 Å². The number of nitrogens with two attached hydrogens (primary N) is 1. The predicted molar refractivity (Wildman–Crippen MR) is 103 cm³/mol. The van der Waals surface area contributed by atoms with Gasteiger partial charge in [0, 0.05) is 24.5 Å². The number of nitrogens with zero attached hydrogens (tertiary/aromatic N) is 3. The molecule has 0 bridgehead atoms. The highest BCUT2D eigenvalue weighted by Gasteiger charge is 2.28. The van der Waals surface area contributed by atoms with Gasteiger partial charge in [-0.25, -0.2) is 18.4 Å². The maximum Gasteiger partial charge on any atom is 0.339 e. The first-order valence-electron chi connectivity index (χ1n) is 8.46. The molecule has 0 saturated carbocycles. The number of hydrogen-bond acceptors (Lipinski definition) is 8. The summed E-state index contributed by atoms with van der Waals surface area (Å²) in [5, 5.41) is 16.3. The van der Waals surface area contributed by atoms with Crippen molar-refractivity contribution in [1.29, 1.82) is 0 Å². The lowest BCUT2D eigenvalue weighted by Crippen LogP contribution is -2.36.